The molecule has 11 heteroatoms. The molecule has 1 heterocycles. The van der Waals surface area contributed by atoms with Gasteiger partial charge in [0.2, 0.25) is 17.7 Å². The zero-order valence-electron chi connectivity index (χ0n) is 17.8. The molecule has 11 nitrogen and oxygen atoms in total. The van der Waals surface area contributed by atoms with Gasteiger partial charge in [-0.05, 0) is 18.3 Å². The van der Waals surface area contributed by atoms with Gasteiger partial charge in [-0.25, -0.2) is 4.98 Å². The van der Waals surface area contributed by atoms with Gasteiger partial charge in [0.05, 0.1) is 12.4 Å². The molecule has 0 saturated heterocycles. The summed E-state index contributed by atoms with van der Waals surface area (Å²) in [6, 6.07) is -2.72. The number of carbonyl (C=O) groups excluding carboxylic acids is 3. The predicted octanol–water partition coefficient (Wildman–Crippen LogP) is -0.848. The van der Waals surface area contributed by atoms with Gasteiger partial charge in [-0.3, -0.25) is 19.2 Å². The van der Waals surface area contributed by atoms with E-state index in [2.05, 4.69) is 25.9 Å². The van der Waals surface area contributed by atoms with E-state index < -0.39 is 48.4 Å². The Labute approximate surface area is 175 Å². The molecule has 3 atom stereocenters. The number of amides is 3. The number of aromatic amines is 1. The molecule has 3 amide bonds. The molecule has 7 N–H and O–H groups in total. The second-order valence-corrected chi connectivity index (χ2v) is 7.92. The van der Waals surface area contributed by atoms with Crippen LogP contribution in [0.2, 0.25) is 0 Å². The first-order chi connectivity index (χ1) is 14.0. The van der Waals surface area contributed by atoms with Crippen LogP contribution in [0.15, 0.2) is 12.5 Å². The lowest BCUT2D eigenvalue weighted by Crippen LogP contribution is -2.58. The zero-order valence-corrected chi connectivity index (χ0v) is 17.8. The largest absolute Gasteiger partial charge is 0.480 e. The van der Waals surface area contributed by atoms with Crippen LogP contribution in [0.1, 0.15) is 39.8 Å². The lowest BCUT2D eigenvalue weighted by Gasteiger charge is -2.26. The lowest BCUT2D eigenvalue weighted by molar-refractivity contribution is -0.138. The van der Waals surface area contributed by atoms with E-state index in [0.717, 1.165) is 0 Å². The minimum atomic E-state index is -1.18. The highest BCUT2D eigenvalue weighted by atomic mass is 16.4. The van der Waals surface area contributed by atoms with Crippen molar-refractivity contribution in [1.29, 1.82) is 0 Å². The summed E-state index contributed by atoms with van der Waals surface area (Å²) in [6.45, 7) is 6.72. The first-order valence-electron chi connectivity index (χ1n) is 9.84. The second-order valence-electron chi connectivity index (χ2n) is 7.92. The van der Waals surface area contributed by atoms with Crippen LogP contribution in [-0.4, -0.2) is 63.4 Å². The summed E-state index contributed by atoms with van der Waals surface area (Å²) < 4.78 is 0. The van der Waals surface area contributed by atoms with Crippen LogP contribution in [0, 0.1) is 11.8 Å². The number of aromatic nitrogens is 2. The van der Waals surface area contributed by atoms with Crippen molar-refractivity contribution in [3.63, 3.8) is 0 Å². The smallest absolute Gasteiger partial charge is 0.322 e. The van der Waals surface area contributed by atoms with E-state index in [1.54, 1.807) is 20.0 Å². The maximum absolute atomic E-state index is 12.8. The van der Waals surface area contributed by atoms with Gasteiger partial charge in [-0.15, -0.1) is 0 Å². The Kier molecular flexibility index (Phi) is 9.96. The fourth-order valence-electron chi connectivity index (χ4n) is 2.77. The molecular formula is C19H32N6O5. The van der Waals surface area contributed by atoms with Gasteiger partial charge >= 0.3 is 5.97 Å². The monoisotopic (exact) mass is 424 g/mol. The number of hydrogen-bond donors (Lipinski definition) is 6. The fourth-order valence-corrected chi connectivity index (χ4v) is 2.77. The molecule has 30 heavy (non-hydrogen) atoms. The average molecular weight is 425 g/mol. The summed E-state index contributed by atoms with van der Waals surface area (Å²) in [5, 5.41) is 16.3. The highest BCUT2D eigenvalue weighted by molar-refractivity contribution is 5.93. The van der Waals surface area contributed by atoms with Gasteiger partial charge in [0.25, 0.3) is 0 Å². The standard InChI is InChI=1S/C19H32N6O5/c1-10(2)5-14(18(29)22-8-15(26)27)24-19(30)16(11(3)4)25-17(28)13(20)6-12-7-21-9-23-12/h7,9-11,13-14,16H,5-6,8,20H2,1-4H3,(H,21,23)(H,22,29)(H,24,30)(H,25,28)(H,26,27). The van der Waals surface area contributed by atoms with Crippen molar-refractivity contribution < 1.29 is 24.3 Å². The second kappa shape index (κ2) is 11.9. The third-order valence-electron chi connectivity index (χ3n) is 4.33. The van der Waals surface area contributed by atoms with E-state index in [9.17, 15) is 19.2 Å². The Hall–Kier alpha value is -2.95. The molecule has 3 unspecified atom stereocenters. The third kappa shape index (κ3) is 8.60. The molecule has 0 aliphatic heterocycles. The van der Waals surface area contributed by atoms with Crippen LogP contribution >= 0.6 is 0 Å². The van der Waals surface area contributed by atoms with Crippen molar-refractivity contribution in [2.45, 2.75) is 58.7 Å². The van der Waals surface area contributed by atoms with E-state index in [1.807, 2.05) is 13.8 Å². The van der Waals surface area contributed by atoms with Gasteiger partial charge in [0, 0.05) is 18.3 Å². The van der Waals surface area contributed by atoms with Gasteiger partial charge < -0.3 is 31.8 Å². The number of rotatable bonds is 12. The van der Waals surface area contributed by atoms with Crippen LogP contribution in [0.3, 0.4) is 0 Å². The van der Waals surface area contributed by atoms with Gasteiger partial charge in [0.15, 0.2) is 0 Å². The number of nitrogens with one attached hydrogen (secondary N) is 4. The minimum Gasteiger partial charge on any atom is -0.480 e. The van der Waals surface area contributed by atoms with E-state index in [0.29, 0.717) is 12.1 Å². The number of hydrogen-bond acceptors (Lipinski definition) is 6. The van der Waals surface area contributed by atoms with E-state index in [1.165, 1.54) is 6.33 Å². The van der Waals surface area contributed by atoms with E-state index in [4.69, 9.17) is 10.8 Å². The Morgan fingerprint density at radius 1 is 1.10 bits per heavy atom. The summed E-state index contributed by atoms with van der Waals surface area (Å²) in [7, 11) is 0. The number of nitrogens with two attached hydrogens (primary N) is 1. The van der Waals surface area contributed by atoms with E-state index in [-0.39, 0.29) is 18.3 Å². The molecule has 0 radical (unpaired) electrons. The van der Waals surface area contributed by atoms with Crippen LogP contribution in [-0.2, 0) is 25.6 Å². The summed E-state index contributed by atoms with van der Waals surface area (Å²) >= 11 is 0. The van der Waals surface area contributed by atoms with Gasteiger partial charge in [-0.2, -0.15) is 0 Å². The maximum Gasteiger partial charge on any atom is 0.322 e. The molecule has 1 aromatic heterocycles. The number of carboxylic acids is 1. The Balaban J connectivity index is 2.79. The molecule has 0 bridgehead atoms. The van der Waals surface area contributed by atoms with Crippen molar-refractivity contribution in [2.75, 3.05) is 6.54 Å². The lowest BCUT2D eigenvalue weighted by atomic mass is 9.99. The van der Waals surface area contributed by atoms with Crippen LogP contribution in [0.25, 0.3) is 0 Å². The van der Waals surface area contributed by atoms with Crippen molar-refractivity contribution in [2.24, 2.45) is 17.6 Å². The topological polar surface area (TPSA) is 179 Å². The molecule has 0 spiro atoms. The first-order valence-corrected chi connectivity index (χ1v) is 9.84. The van der Waals surface area contributed by atoms with Crippen LogP contribution in [0.4, 0.5) is 0 Å². The summed E-state index contributed by atoms with van der Waals surface area (Å²) in [5.41, 5.74) is 6.62. The predicted molar refractivity (Wildman–Crippen MR) is 109 cm³/mol. The Morgan fingerprint density at radius 3 is 2.27 bits per heavy atom. The molecule has 1 aromatic rings. The average Bonchev–Trinajstić information content (AvgIpc) is 3.15. The molecule has 0 aliphatic carbocycles. The summed E-state index contributed by atoms with van der Waals surface area (Å²) in [5.74, 6) is -3.02. The number of H-pyrrole nitrogens is 1. The molecule has 0 fully saturated rings. The third-order valence-corrected chi connectivity index (χ3v) is 4.33. The number of carbonyl (C=O) groups is 4. The van der Waals surface area contributed by atoms with Crippen molar-refractivity contribution in [3.05, 3.63) is 18.2 Å². The highest BCUT2D eigenvalue weighted by Gasteiger charge is 2.30. The van der Waals surface area contributed by atoms with Gasteiger partial charge in [-0.1, -0.05) is 27.7 Å². The summed E-state index contributed by atoms with van der Waals surface area (Å²) in [6.07, 6.45) is 3.59. The van der Waals surface area contributed by atoms with Crippen LogP contribution < -0.4 is 21.7 Å². The normalized spacial score (nSPS) is 14.1. The molecule has 0 aromatic carbocycles. The number of nitrogens with zero attached hydrogens (tertiary/aromatic N) is 1. The summed E-state index contributed by atoms with van der Waals surface area (Å²) in [4.78, 5) is 55.0. The van der Waals surface area contributed by atoms with Crippen molar-refractivity contribution in [3.8, 4) is 0 Å². The van der Waals surface area contributed by atoms with Crippen molar-refractivity contribution in [1.82, 2.24) is 25.9 Å². The van der Waals surface area contributed by atoms with Crippen molar-refractivity contribution >= 4 is 23.7 Å². The van der Waals surface area contributed by atoms with Gasteiger partial charge in [0.1, 0.15) is 18.6 Å². The Morgan fingerprint density at radius 2 is 1.77 bits per heavy atom. The van der Waals surface area contributed by atoms with Crippen LogP contribution in [0.5, 0.6) is 0 Å². The quantitative estimate of drug-likeness (QED) is 0.253. The molecule has 0 aliphatic rings. The van der Waals surface area contributed by atoms with E-state index >= 15 is 0 Å². The number of imidazole rings is 1. The molecular weight excluding hydrogens is 392 g/mol. The molecule has 0 saturated carbocycles. The number of aliphatic carboxylic acids is 1. The minimum absolute atomic E-state index is 0.0702. The maximum atomic E-state index is 12.8. The molecule has 168 valence electrons. The number of carboxylic acid groups (broad SMARTS) is 1. The first kappa shape index (κ1) is 25.1. The Bertz CT molecular complexity index is 719. The highest BCUT2D eigenvalue weighted by Crippen LogP contribution is 2.08. The zero-order chi connectivity index (χ0) is 22.8. The SMILES string of the molecule is CC(C)CC(NC(=O)C(NC(=O)C(N)Cc1cnc[nH]1)C(C)C)C(=O)NCC(=O)O. The molecule has 1 rings (SSSR count). The fraction of sp³-hybridized carbons (Fsp3) is 0.632.